The van der Waals surface area contributed by atoms with E-state index >= 15 is 0 Å². The van der Waals surface area contributed by atoms with Crippen LogP contribution in [0.15, 0.2) is 48.5 Å². The number of benzene rings is 2. The van der Waals surface area contributed by atoms with E-state index in [2.05, 4.69) is 33.0 Å². The molecule has 1 aromatic heterocycles. The first-order valence-electron chi connectivity index (χ1n) is 14.6. The highest BCUT2D eigenvalue weighted by Crippen LogP contribution is 2.32. The molecule has 0 spiro atoms. The summed E-state index contributed by atoms with van der Waals surface area (Å²) in [7, 11) is 0. The van der Waals surface area contributed by atoms with Crippen molar-refractivity contribution in [2.24, 2.45) is 5.92 Å². The summed E-state index contributed by atoms with van der Waals surface area (Å²) in [6.45, 7) is 6.46. The molecule has 3 heterocycles. The zero-order chi connectivity index (χ0) is 30.6. The van der Waals surface area contributed by atoms with E-state index in [4.69, 9.17) is 4.74 Å². The Hall–Kier alpha value is -3.71. The van der Waals surface area contributed by atoms with Gasteiger partial charge in [0.25, 0.3) is 5.82 Å². The Morgan fingerprint density at radius 3 is 2.39 bits per heavy atom. The average molecular weight is 636 g/mol. The molecule has 5 rings (SSSR count). The van der Waals surface area contributed by atoms with Crippen LogP contribution in [0.25, 0.3) is 5.69 Å². The molecule has 0 bridgehead atoms. The molecule has 10 nitrogen and oxygen atoms in total. The molecule has 2 aliphatic rings. The number of likely N-dealkylation sites (tertiary alicyclic amines) is 2. The van der Waals surface area contributed by atoms with Crippen molar-refractivity contribution in [1.29, 1.82) is 0 Å². The molecule has 0 radical (unpaired) electrons. The van der Waals surface area contributed by atoms with Crippen LogP contribution in [0.5, 0.6) is 5.75 Å². The number of nitrogens with one attached hydrogen (secondary N) is 1. The molecule has 2 aliphatic heterocycles. The zero-order valence-electron chi connectivity index (χ0n) is 24.7. The van der Waals surface area contributed by atoms with Gasteiger partial charge in [-0.05, 0) is 60.4 Å². The van der Waals surface area contributed by atoms with Crippen LogP contribution in [0.1, 0.15) is 56.0 Å². The van der Waals surface area contributed by atoms with Gasteiger partial charge in [0.05, 0.1) is 12.3 Å². The Morgan fingerprint density at radius 1 is 1.02 bits per heavy atom. The van der Waals surface area contributed by atoms with Crippen molar-refractivity contribution >= 4 is 24.2 Å². The van der Waals surface area contributed by atoms with Crippen molar-refractivity contribution in [2.75, 3.05) is 32.8 Å². The first-order chi connectivity index (χ1) is 20.7. The van der Waals surface area contributed by atoms with Crippen molar-refractivity contribution in [3.63, 3.8) is 0 Å². The molecule has 2 unspecified atom stereocenters. The number of nitrogens with zero attached hydrogens (tertiary/aromatic N) is 6. The number of tetrazole rings is 1. The molecule has 1 N–H and O–H groups in total. The SMILES string of the molecule is CCOc1ccc(-n2nnnc2C(F)(F)F)cc1CNC1CCN(C(=O)C2CCN(C(C)=O)CC2)CC1c1ccccc1.Cl. The smallest absolute Gasteiger partial charge is 0.453 e. The van der Waals surface area contributed by atoms with E-state index in [1.807, 2.05) is 30.0 Å². The Bertz CT molecular complexity index is 1410. The predicted molar refractivity (Wildman–Crippen MR) is 159 cm³/mol. The van der Waals surface area contributed by atoms with Gasteiger partial charge in [-0.25, -0.2) is 0 Å². The standard InChI is InChI=1S/C30H36F3N7O3.ClH/c1-3-43-27-10-9-24(40-29(30(31,32)33)35-36-37-40)17-23(27)18-34-26-13-16-39(19-25(26)21-7-5-4-6-8-21)28(42)22-11-14-38(15-12-22)20(2)41;/h4-10,17,22,25-26,34H,3,11-16,18-19H2,1-2H3;1H. The monoisotopic (exact) mass is 635 g/mol. The number of carbonyl (C=O) groups is 2. The molecular formula is C30H37ClF3N7O3. The lowest BCUT2D eigenvalue weighted by molar-refractivity contribution is -0.146. The minimum absolute atomic E-state index is 0. The minimum atomic E-state index is -4.71. The quantitative estimate of drug-likeness (QED) is 0.395. The van der Waals surface area contributed by atoms with E-state index in [-0.39, 0.29) is 47.8 Å². The molecule has 14 heteroatoms. The van der Waals surface area contributed by atoms with Gasteiger partial charge in [-0.3, -0.25) is 9.59 Å². The number of halogens is 4. The molecule has 2 aromatic carbocycles. The Kier molecular flexibility index (Phi) is 10.8. The second-order valence-electron chi connectivity index (χ2n) is 11.0. The molecular weight excluding hydrogens is 599 g/mol. The van der Waals surface area contributed by atoms with Crippen LogP contribution in [-0.4, -0.2) is 80.6 Å². The van der Waals surface area contributed by atoms with Crippen molar-refractivity contribution in [2.45, 2.75) is 57.8 Å². The summed E-state index contributed by atoms with van der Waals surface area (Å²) in [4.78, 5) is 29.0. The molecule has 0 saturated carbocycles. The second-order valence-corrected chi connectivity index (χ2v) is 11.0. The highest BCUT2D eigenvalue weighted by Gasteiger charge is 2.39. The van der Waals surface area contributed by atoms with E-state index in [1.54, 1.807) is 24.0 Å². The highest BCUT2D eigenvalue weighted by atomic mass is 35.5. The van der Waals surface area contributed by atoms with Gasteiger partial charge in [0.2, 0.25) is 11.8 Å². The van der Waals surface area contributed by atoms with Crippen LogP contribution < -0.4 is 10.1 Å². The number of alkyl halides is 3. The first-order valence-corrected chi connectivity index (χ1v) is 14.6. The molecule has 2 amide bonds. The third kappa shape index (κ3) is 7.49. The van der Waals surface area contributed by atoms with Crippen LogP contribution in [0, 0.1) is 5.92 Å². The molecule has 2 fully saturated rings. The predicted octanol–water partition coefficient (Wildman–Crippen LogP) is 4.23. The van der Waals surface area contributed by atoms with Crippen molar-refractivity contribution in [3.05, 3.63) is 65.5 Å². The zero-order valence-corrected chi connectivity index (χ0v) is 25.5. The van der Waals surface area contributed by atoms with E-state index in [0.29, 0.717) is 74.6 Å². The Labute approximate surface area is 260 Å². The summed E-state index contributed by atoms with van der Waals surface area (Å²) in [5.41, 5.74) is 1.95. The number of hydrogen-bond donors (Lipinski definition) is 1. The molecule has 2 atom stereocenters. The maximum atomic E-state index is 13.5. The molecule has 44 heavy (non-hydrogen) atoms. The van der Waals surface area contributed by atoms with Crippen molar-refractivity contribution in [3.8, 4) is 11.4 Å². The number of amides is 2. The molecule has 238 valence electrons. The fourth-order valence-electron chi connectivity index (χ4n) is 6.04. The summed E-state index contributed by atoms with van der Waals surface area (Å²) in [6, 6.07) is 14.8. The lowest BCUT2D eigenvalue weighted by Gasteiger charge is -2.42. The van der Waals surface area contributed by atoms with Gasteiger partial charge >= 0.3 is 6.18 Å². The molecule has 2 saturated heterocycles. The lowest BCUT2D eigenvalue weighted by Crippen LogP contribution is -2.52. The summed E-state index contributed by atoms with van der Waals surface area (Å²) >= 11 is 0. The molecule has 3 aromatic rings. The van der Waals surface area contributed by atoms with Gasteiger partial charge in [-0.15, -0.1) is 17.5 Å². The summed E-state index contributed by atoms with van der Waals surface area (Å²) in [6.07, 6.45) is -2.67. The fraction of sp³-hybridized carbons (Fsp3) is 0.500. The highest BCUT2D eigenvalue weighted by molar-refractivity contribution is 5.85. The maximum absolute atomic E-state index is 13.5. The number of hydrogen-bond acceptors (Lipinski definition) is 7. The number of rotatable bonds is 8. The summed E-state index contributed by atoms with van der Waals surface area (Å²) < 4.78 is 46.9. The third-order valence-electron chi connectivity index (χ3n) is 8.31. The van der Waals surface area contributed by atoms with Gasteiger partial charge in [0.1, 0.15) is 5.75 Å². The van der Waals surface area contributed by atoms with Gasteiger partial charge < -0.3 is 19.9 Å². The normalized spacial score (nSPS) is 19.4. The maximum Gasteiger partial charge on any atom is 0.453 e. The number of ether oxygens (including phenoxy) is 1. The topological polar surface area (TPSA) is 105 Å². The largest absolute Gasteiger partial charge is 0.494 e. The second kappa shape index (κ2) is 14.4. The van der Waals surface area contributed by atoms with Crippen LogP contribution in [0.3, 0.4) is 0 Å². The van der Waals surface area contributed by atoms with Crippen LogP contribution in [0.4, 0.5) is 13.2 Å². The Morgan fingerprint density at radius 2 is 1.73 bits per heavy atom. The summed E-state index contributed by atoms with van der Waals surface area (Å²) in [5.74, 6) is -0.563. The van der Waals surface area contributed by atoms with Gasteiger partial charge in [0.15, 0.2) is 0 Å². The van der Waals surface area contributed by atoms with E-state index in [9.17, 15) is 22.8 Å². The van der Waals surface area contributed by atoms with Crippen LogP contribution in [0.2, 0.25) is 0 Å². The van der Waals surface area contributed by atoms with Crippen LogP contribution >= 0.6 is 12.4 Å². The van der Waals surface area contributed by atoms with E-state index < -0.39 is 12.0 Å². The van der Waals surface area contributed by atoms with Crippen molar-refractivity contribution in [1.82, 2.24) is 35.3 Å². The van der Waals surface area contributed by atoms with Gasteiger partial charge in [-0.1, -0.05) is 30.3 Å². The lowest BCUT2D eigenvalue weighted by atomic mass is 9.84. The van der Waals surface area contributed by atoms with E-state index in [1.165, 1.54) is 6.07 Å². The number of aromatic nitrogens is 4. The third-order valence-corrected chi connectivity index (χ3v) is 8.31. The average Bonchev–Trinajstić information content (AvgIpc) is 3.52. The van der Waals surface area contributed by atoms with E-state index in [0.717, 1.165) is 5.56 Å². The molecule has 0 aliphatic carbocycles. The van der Waals surface area contributed by atoms with Gasteiger partial charge in [-0.2, -0.15) is 17.9 Å². The number of piperidine rings is 2. The fourth-order valence-corrected chi connectivity index (χ4v) is 6.04. The first kappa shape index (κ1) is 33.2. The van der Waals surface area contributed by atoms with Crippen LogP contribution in [-0.2, 0) is 22.3 Å². The minimum Gasteiger partial charge on any atom is -0.494 e. The van der Waals surface area contributed by atoms with Crippen molar-refractivity contribution < 1.29 is 27.5 Å². The number of carbonyl (C=O) groups excluding carboxylic acids is 2. The van der Waals surface area contributed by atoms with Gasteiger partial charge in [0, 0.05) is 63.1 Å². The summed E-state index contributed by atoms with van der Waals surface area (Å²) in [5, 5.41) is 13.6. The Balaban J connectivity index is 0.00000442.